The molecule has 0 saturated carbocycles. The summed E-state index contributed by atoms with van der Waals surface area (Å²) in [4.78, 5) is 12.7. The maximum atomic E-state index is 12.7. The molecule has 2 aromatic rings. The molecule has 2 aromatic carbocycles. The zero-order valence-electron chi connectivity index (χ0n) is 15.3. The third-order valence-corrected chi connectivity index (χ3v) is 5.10. The van der Waals surface area contributed by atoms with Crippen LogP contribution in [0, 0.1) is 20.8 Å². The van der Waals surface area contributed by atoms with Crippen LogP contribution < -0.4 is 10.0 Å². The van der Waals surface area contributed by atoms with Crippen LogP contribution in [0.4, 0.5) is 0 Å². The van der Waals surface area contributed by atoms with Crippen LogP contribution in [0.1, 0.15) is 34.0 Å². The van der Waals surface area contributed by atoms with Gasteiger partial charge in [-0.1, -0.05) is 24.3 Å². The first-order valence-corrected chi connectivity index (χ1v) is 8.60. The Morgan fingerprint density at radius 3 is 2.21 bits per heavy atom. The van der Waals surface area contributed by atoms with E-state index in [9.17, 15) is 4.79 Å². The minimum Gasteiger partial charge on any atom is -0.465 e. The molecule has 5 heteroatoms. The summed E-state index contributed by atoms with van der Waals surface area (Å²) < 4.78 is 10.7. The second-order valence-corrected chi connectivity index (χ2v) is 6.86. The number of methoxy groups -OCH3 is 1. The van der Waals surface area contributed by atoms with Gasteiger partial charge < -0.3 is 9.47 Å². The summed E-state index contributed by atoms with van der Waals surface area (Å²) in [6.07, 6.45) is -0.293. The summed E-state index contributed by atoms with van der Waals surface area (Å²) >= 11 is 0. The van der Waals surface area contributed by atoms with E-state index in [0.717, 1.165) is 33.3 Å². The SMILES string of the molecule is COC(C)Oc1ccc(PC(=O)c2c(C)cccc2C)c(C)c1.[Li]. The molecular formula is C19H23LiO3P. The number of carbonyl (C=O) groups is 1. The van der Waals surface area contributed by atoms with Gasteiger partial charge in [-0.05, 0) is 70.4 Å². The number of carbonyl (C=O) groups excluding carboxylic acids is 1. The van der Waals surface area contributed by atoms with Gasteiger partial charge in [0, 0.05) is 31.5 Å². The molecule has 1 radical (unpaired) electrons. The number of hydrogen-bond acceptors (Lipinski definition) is 3. The zero-order valence-corrected chi connectivity index (χ0v) is 16.3. The largest absolute Gasteiger partial charge is 0.465 e. The van der Waals surface area contributed by atoms with Gasteiger partial charge in [0.2, 0.25) is 0 Å². The molecule has 2 atom stereocenters. The van der Waals surface area contributed by atoms with Crippen molar-refractivity contribution in [3.63, 3.8) is 0 Å². The average Bonchev–Trinajstić information content (AvgIpc) is 2.49. The Bertz CT molecular complexity index is 696. The Morgan fingerprint density at radius 2 is 1.67 bits per heavy atom. The third kappa shape index (κ3) is 5.20. The Labute approximate surface area is 158 Å². The number of benzene rings is 2. The number of aryl methyl sites for hydroxylation is 3. The van der Waals surface area contributed by atoms with Gasteiger partial charge in [0.1, 0.15) is 5.75 Å². The van der Waals surface area contributed by atoms with Crippen molar-refractivity contribution < 1.29 is 14.3 Å². The molecule has 0 heterocycles. The summed E-state index contributed by atoms with van der Waals surface area (Å²) in [6, 6.07) is 11.8. The smallest absolute Gasteiger partial charge is 0.196 e. The summed E-state index contributed by atoms with van der Waals surface area (Å²) in [6.45, 7) is 7.82. The van der Waals surface area contributed by atoms with E-state index in [1.54, 1.807) is 7.11 Å². The van der Waals surface area contributed by atoms with Crippen LogP contribution in [-0.4, -0.2) is 37.8 Å². The van der Waals surface area contributed by atoms with Crippen molar-refractivity contribution in [1.29, 1.82) is 0 Å². The van der Waals surface area contributed by atoms with E-state index >= 15 is 0 Å². The zero-order chi connectivity index (χ0) is 17.0. The molecule has 0 amide bonds. The molecule has 3 nitrogen and oxygen atoms in total. The number of rotatable bonds is 6. The van der Waals surface area contributed by atoms with Gasteiger partial charge in [-0.15, -0.1) is 0 Å². The van der Waals surface area contributed by atoms with Crippen molar-refractivity contribution in [1.82, 2.24) is 0 Å². The van der Waals surface area contributed by atoms with Gasteiger partial charge in [0.05, 0.1) is 0 Å². The van der Waals surface area contributed by atoms with Crippen LogP contribution in [0.3, 0.4) is 0 Å². The van der Waals surface area contributed by atoms with Crippen LogP contribution in [0.25, 0.3) is 0 Å². The summed E-state index contributed by atoms with van der Waals surface area (Å²) in [5, 5.41) is 1.05. The molecule has 0 fully saturated rings. The van der Waals surface area contributed by atoms with Crippen LogP contribution >= 0.6 is 8.58 Å². The molecule has 2 unspecified atom stereocenters. The first kappa shape index (κ1) is 20.9. The molecule has 2 rings (SSSR count). The Morgan fingerprint density at radius 1 is 1.04 bits per heavy atom. The molecule has 0 aromatic heterocycles. The quantitative estimate of drug-likeness (QED) is 0.458. The van der Waals surface area contributed by atoms with E-state index in [4.69, 9.17) is 9.47 Å². The second kappa shape index (κ2) is 9.40. The van der Waals surface area contributed by atoms with Gasteiger partial charge in [0.15, 0.2) is 11.8 Å². The fourth-order valence-electron chi connectivity index (χ4n) is 2.45. The Hall–Kier alpha value is -1.10. The monoisotopic (exact) mass is 337 g/mol. The number of ether oxygens (including phenoxy) is 2. The summed E-state index contributed by atoms with van der Waals surface area (Å²) in [5.74, 6) is 0.755. The van der Waals surface area contributed by atoms with Crippen molar-refractivity contribution in [3.05, 3.63) is 58.7 Å². The normalized spacial score (nSPS) is 12.0. The molecular weight excluding hydrogens is 314 g/mol. The molecule has 123 valence electrons. The molecule has 0 spiro atoms. The van der Waals surface area contributed by atoms with E-state index in [-0.39, 0.29) is 39.3 Å². The van der Waals surface area contributed by atoms with E-state index in [0.29, 0.717) is 0 Å². The Balaban J connectivity index is 0.00000288. The van der Waals surface area contributed by atoms with Crippen molar-refractivity contribution in [2.75, 3.05) is 7.11 Å². The molecule has 0 aliphatic rings. The molecule has 0 aliphatic carbocycles. The number of hydrogen-bond donors (Lipinski definition) is 0. The minimum atomic E-state index is -0.293. The third-order valence-electron chi connectivity index (χ3n) is 3.79. The van der Waals surface area contributed by atoms with Gasteiger partial charge in [-0.2, -0.15) is 0 Å². The van der Waals surface area contributed by atoms with Crippen LogP contribution in [0.2, 0.25) is 0 Å². The van der Waals surface area contributed by atoms with E-state index in [1.165, 1.54) is 0 Å². The standard InChI is InChI=1S/C19H23O3P.Li/c1-12-7-6-8-13(2)18(12)19(20)23-17-10-9-16(11-14(17)3)22-15(4)21-5;/h6-11,15,23H,1-5H3;. The maximum Gasteiger partial charge on any atom is 0.196 e. The average molecular weight is 337 g/mol. The Kier molecular flexibility index (Phi) is 8.20. The van der Waals surface area contributed by atoms with E-state index in [1.807, 2.05) is 64.1 Å². The van der Waals surface area contributed by atoms with Crippen LogP contribution in [0.15, 0.2) is 36.4 Å². The molecule has 0 saturated heterocycles. The van der Waals surface area contributed by atoms with Crippen molar-refractivity contribution in [2.45, 2.75) is 34.0 Å². The summed E-state index contributed by atoms with van der Waals surface area (Å²) in [7, 11) is 1.72. The van der Waals surface area contributed by atoms with E-state index < -0.39 is 0 Å². The van der Waals surface area contributed by atoms with Gasteiger partial charge in [-0.25, -0.2) is 0 Å². The topological polar surface area (TPSA) is 35.5 Å². The van der Waals surface area contributed by atoms with Gasteiger partial charge in [0.25, 0.3) is 0 Å². The molecule has 0 bridgehead atoms. The fraction of sp³-hybridized carbons (Fsp3) is 0.316. The predicted molar refractivity (Wildman–Crippen MR) is 102 cm³/mol. The molecule has 24 heavy (non-hydrogen) atoms. The van der Waals surface area contributed by atoms with Crippen molar-refractivity contribution >= 4 is 38.3 Å². The predicted octanol–water partition coefficient (Wildman–Crippen LogP) is 3.75. The maximum absolute atomic E-state index is 12.7. The van der Waals surface area contributed by atoms with Crippen molar-refractivity contribution in [2.24, 2.45) is 0 Å². The first-order valence-electron chi connectivity index (χ1n) is 7.60. The van der Waals surface area contributed by atoms with Crippen LogP contribution in [0.5, 0.6) is 5.75 Å². The second-order valence-electron chi connectivity index (χ2n) is 5.62. The minimum absolute atomic E-state index is 0. The molecule has 0 aliphatic heterocycles. The van der Waals surface area contributed by atoms with Gasteiger partial charge >= 0.3 is 0 Å². The van der Waals surface area contributed by atoms with Crippen LogP contribution in [-0.2, 0) is 4.74 Å². The summed E-state index contributed by atoms with van der Waals surface area (Å²) in [5.41, 5.74) is 4.16. The van der Waals surface area contributed by atoms with Gasteiger partial charge in [-0.3, -0.25) is 4.79 Å². The first-order chi connectivity index (χ1) is 10.9. The fourth-order valence-corrected chi connectivity index (χ4v) is 3.65. The molecule has 0 N–H and O–H groups in total. The van der Waals surface area contributed by atoms with E-state index in [2.05, 4.69) is 0 Å². The van der Waals surface area contributed by atoms with Crippen molar-refractivity contribution in [3.8, 4) is 5.75 Å².